The molecule has 1 saturated heterocycles. The number of nitrogens with zero attached hydrogens (tertiary/aromatic N) is 3. The SMILES string of the molecule is CC(CC(N)=O)N1CCC(N(Cc2cccc(C#N)c2)c2ccc(O)cc2)CC1. The van der Waals surface area contributed by atoms with Crippen LogP contribution in [0, 0.1) is 11.3 Å². The molecule has 2 aromatic rings. The molecular weight excluding hydrogens is 364 g/mol. The number of hydrogen-bond donors (Lipinski definition) is 2. The van der Waals surface area contributed by atoms with E-state index in [-0.39, 0.29) is 17.7 Å². The van der Waals surface area contributed by atoms with Gasteiger partial charge in [-0.3, -0.25) is 9.69 Å². The van der Waals surface area contributed by atoms with Gasteiger partial charge in [0.2, 0.25) is 5.91 Å². The lowest BCUT2D eigenvalue weighted by Crippen LogP contribution is -2.48. The van der Waals surface area contributed by atoms with Gasteiger partial charge >= 0.3 is 0 Å². The first-order valence-electron chi connectivity index (χ1n) is 10.0. The minimum Gasteiger partial charge on any atom is -0.508 e. The van der Waals surface area contributed by atoms with Crippen molar-refractivity contribution in [3.05, 3.63) is 59.7 Å². The second kappa shape index (κ2) is 9.44. The summed E-state index contributed by atoms with van der Waals surface area (Å²) in [6.45, 7) is 4.57. The van der Waals surface area contributed by atoms with E-state index in [9.17, 15) is 15.2 Å². The molecule has 0 aromatic heterocycles. The van der Waals surface area contributed by atoms with Crippen molar-refractivity contribution in [1.82, 2.24) is 4.90 Å². The second-order valence-electron chi connectivity index (χ2n) is 7.74. The molecule has 6 nitrogen and oxygen atoms in total. The third kappa shape index (κ3) is 5.49. The number of phenols is 1. The average molecular weight is 393 g/mol. The Morgan fingerprint density at radius 3 is 2.59 bits per heavy atom. The minimum absolute atomic E-state index is 0.155. The van der Waals surface area contributed by atoms with Crippen LogP contribution in [-0.4, -0.2) is 41.1 Å². The van der Waals surface area contributed by atoms with Crippen LogP contribution in [0.5, 0.6) is 5.75 Å². The van der Waals surface area contributed by atoms with E-state index in [1.165, 1.54) is 0 Å². The zero-order valence-electron chi connectivity index (χ0n) is 16.8. The van der Waals surface area contributed by atoms with Crippen LogP contribution in [0.15, 0.2) is 48.5 Å². The van der Waals surface area contributed by atoms with Gasteiger partial charge in [0.1, 0.15) is 5.75 Å². The summed E-state index contributed by atoms with van der Waals surface area (Å²) in [5.41, 5.74) is 8.15. The van der Waals surface area contributed by atoms with Crippen LogP contribution in [0.1, 0.15) is 37.3 Å². The molecule has 1 aliphatic heterocycles. The van der Waals surface area contributed by atoms with Crippen molar-refractivity contribution in [3.8, 4) is 11.8 Å². The van der Waals surface area contributed by atoms with Gasteiger partial charge in [0.05, 0.1) is 11.6 Å². The highest BCUT2D eigenvalue weighted by Gasteiger charge is 2.27. The standard InChI is InChI=1S/C23H28N4O2/c1-17(13-23(25)29)26-11-9-21(10-12-26)27(20-5-7-22(28)8-6-20)16-19-4-2-3-18(14-19)15-24/h2-8,14,17,21,28H,9-13,16H2,1H3,(H2,25,29). The number of phenolic OH excluding ortho intramolecular Hbond substituents is 1. The van der Waals surface area contributed by atoms with Gasteiger partial charge in [-0.2, -0.15) is 5.26 Å². The molecule has 2 aromatic carbocycles. The Labute approximate surface area is 172 Å². The quantitative estimate of drug-likeness (QED) is 0.755. The lowest BCUT2D eigenvalue weighted by Gasteiger charge is -2.41. The van der Waals surface area contributed by atoms with Gasteiger partial charge < -0.3 is 15.7 Å². The number of piperidine rings is 1. The lowest BCUT2D eigenvalue weighted by atomic mass is 9.99. The number of primary amides is 1. The maximum Gasteiger partial charge on any atom is 0.218 e. The predicted molar refractivity (Wildman–Crippen MR) is 113 cm³/mol. The number of aromatic hydroxyl groups is 1. The van der Waals surface area contributed by atoms with Crippen molar-refractivity contribution >= 4 is 11.6 Å². The fourth-order valence-corrected chi connectivity index (χ4v) is 4.07. The lowest BCUT2D eigenvalue weighted by molar-refractivity contribution is -0.119. The molecule has 152 valence electrons. The molecule has 0 spiro atoms. The number of anilines is 1. The Bertz CT molecular complexity index is 867. The summed E-state index contributed by atoms with van der Waals surface area (Å²) < 4.78 is 0. The fraction of sp³-hybridized carbons (Fsp3) is 0.391. The van der Waals surface area contributed by atoms with E-state index >= 15 is 0 Å². The molecule has 0 saturated carbocycles. The van der Waals surface area contributed by atoms with E-state index in [0.29, 0.717) is 24.6 Å². The maximum atomic E-state index is 11.2. The van der Waals surface area contributed by atoms with E-state index in [2.05, 4.69) is 22.8 Å². The van der Waals surface area contributed by atoms with E-state index in [0.717, 1.165) is 37.2 Å². The summed E-state index contributed by atoms with van der Waals surface area (Å²) in [4.78, 5) is 15.9. The molecule has 1 amide bonds. The van der Waals surface area contributed by atoms with Crippen molar-refractivity contribution < 1.29 is 9.90 Å². The normalized spacial score (nSPS) is 16.1. The van der Waals surface area contributed by atoms with E-state index in [1.807, 2.05) is 36.4 Å². The third-order valence-corrected chi connectivity index (χ3v) is 5.65. The molecule has 6 heteroatoms. The highest BCUT2D eigenvalue weighted by atomic mass is 16.3. The van der Waals surface area contributed by atoms with E-state index in [1.54, 1.807) is 12.1 Å². The molecule has 29 heavy (non-hydrogen) atoms. The Morgan fingerprint density at radius 1 is 1.28 bits per heavy atom. The van der Waals surface area contributed by atoms with Gasteiger partial charge in [0, 0.05) is 43.8 Å². The van der Waals surface area contributed by atoms with E-state index < -0.39 is 0 Å². The van der Waals surface area contributed by atoms with Crippen LogP contribution >= 0.6 is 0 Å². The van der Waals surface area contributed by atoms with Crippen molar-refractivity contribution in [2.24, 2.45) is 5.73 Å². The number of benzene rings is 2. The van der Waals surface area contributed by atoms with Gasteiger partial charge in [-0.1, -0.05) is 12.1 Å². The zero-order chi connectivity index (χ0) is 20.8. The number of carbonyl (C=O) groups excluding carboxylic acids is 1. The first-order chi connectivity index (χ1) is 14.0. The van der Waals surface area contributed by atoms with Gasteiger partial charge in [-0.15, -0.1) is 0 Å². The molecule has 0 aliphatic carbocycles. The number of nitriles is 1. The highest BCUT2D eigenvalue weighted by Crippen LogP contribution is 2.28. The van der Waals surface area contributed by atoms with Crippen molar-refractivity contribution in [2.45, 2.75) is 44.8 Å². The molecule has 1 aliphatic rings. The summed E-state index contributed by atoms with van der Waals surface area (Å²) in [7, 11) is 0. The molecular formula is C23H28N4O2. The molecule has 0 radical (unpaired) electrons. The molecule has 3 rings (SSSR count). The summed E-state index contributed by atoms with van der Waals surface area (Å²) in [5.74, 6) is -0.0157. The molecule has 3 N–H and O–H groups in total. The van der Waals surface area contributed by atoms with Crippen LogP contribution in [0.3, 0.4) is 0 Å². The molecule has 1 heterocycles. The number of hydrogen-bond acceptors (Lipinski definition) is 5. The maximum absolute atomic E-state index is 11.2. The summed E-state index contributed by atoms with van der Waals surface area (Å²) >= 11 is 0. The molecule has 1 atom stereocenters. The third-order valence-electron chi connectivity index (χ3n) is 5.65. The first kappa shape index (κ1) is 20.7. The number of nitrogens with two attached hydrogens (primary N) is 1. The van der Waals surface area contributed by atoms with Crippen LogP contribution < -0.4 is 10.6 Å². The molecule has 1 unspecified atom stereocenters. The van der Waals surface area contributed by atoms with Crippen molar-refractivity contribution in [2.75, 3.05) is 18.0 Å². The smallest absolute Gasteiger partial charge is 0.218 e. The van der Waals surface area contributed by atoms with Crippen LogP contribution in [0.2, 0.25) is 0 Å². The monoisotopic (exact) mass is 392 g/mol. The Hall–Kier alpha value is -3.04. The number of rotatable bonds is 7. The minimum atomic E-state index is -0.261. The van der Waals surface area contributed by atoms with Crippen molar-refractivity contribution in [3.63, 3.8) is 0 Å². The van der Waals surface area contributed by atoms with Gasteiger partial charge in [0.25, 0.3) is 0 Å². The Balaban J connectivity index is 1.76. The van der Waals surface area contributed by atoms with Crippen LogP contribution in [0.4, 0.5) is 5.69 Å². The highest BCUT2D eigenvalue weighted by molar-refractivity contribution is 5.74. The van der Waals surface area contributed by atoms with Gasteiger partial charge in [0.15, 0.2) is 0 Å². The van der Waals surface area contributed by atoms with E-state index in [4.69, 9.17) is 5.73 Å². The fourth-order valence-electron chi connectivity index (χ4n) is 4.07. The largest absolute Gasteiger partial charge is 0.508 e. The number of amides is 1. The first-order valence-corrected chi connectivity index (χ1v) is 10.0. The Morgan fingerprint density at radius 2 is 1.97 bits per heavy atom. The second-order valence-corrected chi connectivity index (χ2v) is 7.74. The molecule has 1 fully saturated rings. The topological polar surface area (TPSA) is 93.6 Å². The van der Waals surface area contributed by atoms with Crippen molar-refractivity contribution in [1.29, 1.82) is 5.26 Å². The van der Waals surface area contributed by atoms with Gasteiger partial charge in [-0.25, -0.2) is 0 Å². The number of likely N-dealkylation sites (tertiary alicyclic amines) is 1. The summed E-state index contributed by atoms with van der Waals surface area (Å²) in [6.07, 6.45) is 2.33. The predicted octanol–water partition coefficient (Wildman–Crippen LogP) is 3.00. The summed E-state index contributed by atoms with van der Waals surface area (Å²) in [5, 5.41) is 18.9. The Kier molecular flexibility index (Phi) is 6.73. The summed E-state index contributed by atoms with van der Waals surface area (Å²) in [6, 6.07) is 17.7. The van der Waals surface area contributed by atoms with Gasteiger partial charge in [-0.05, 0) is 61.7 Å². The van der Waals surface area contributed by atoms with Crippen LogP contribution in [-0.2, 0) is 11.3 Å². The van der Waals surface area contributed by atoms with Crippen LogP contribution in [0.25, 0.3) is 0 Å². The zero-order valence-corrected chi connectivity index (χ0v) is 16.8. The number of carbonyl (C=O) groups is 1. The molecule has 0 bridgehead atoms. The average Bonchev–Trinajstić information content (AvgIpc) is 2.72.